The van der Waals surface area contributed by atoms with Crippen LogP contribution in [-0.2, 0) is 9.59 Å². The van der Waals surface area contributed by atoms with Crippen LogP contribution in [0.5, 0.6) is 5.75 Å². The van der Waals surface area contributed by atoms with Crippen molar-refractivity contribution >= 4 is 17.5 Å². The summed E-state index contributed by atoms with van der Waals surface area (Å²) in [4.78, 5) is 26.5. The van der Waals surface area contributed by atoms with Crippen molar-refractivity contribution in [2.45, 2.75) is 33.2 Å². The predicted octanol–water partition coefficient (Wildman–Crippen LogP) is 3.84. The summed E-state index contributed by atoms with van der Waals surface area (Å²) in [6, 6.07) is 13.2. The molecule has 1 unspecified atom stereocenters. The first-order valence-electron chi connectivity index (χ1n) is 9.33. The molecule has 2 amide bonds. The molecule has 3 rings (SSSR count). The van der Waals surface area contributed by atoms with Crippen LogP contribution in [0.3, 0.4) is 0 Å². The molecule has 0 spiro atoms. The van der Waals surface area contributed by atoms with Gasteiger partial charge < -0.3 is 15.0 Å². The summed E-state index contributed by atoms with van der Waals surface area (Å²) in [6.07, 6.45) is 0.141. The number of nitrogens with zero attached hydrogens (tertiary/aromatic N) is 1. The molecule has 0 saturated carbocycles. The molecular weight excluding hydrogens is 359 g/mol. The number of ether oxygens (including phenoxy) is 1. The number of para-hydroxylation sites is 2. The Morgan fingerprint density at radius 1 is 1.21 bits per heavy atom. The molecular formula is C22H25FN2O3. The molecule has 2 aromatic rings. The number of rotatable bonds is 5. The first-order valence-corrected chi connectivity index (χ1v) is 9.33. The fraction of sp³-hybridized carbons (Fsp3) is 0.364. The van der Waals surface area contributed by atoms with Crippen molar-refractivity contribution < 1.29 is 18.7 Å². The number of nitrogens with one attached hydrogen (secondary N) is 1. The largest absolute Gasteiger partial charge is 0.482 e. The van der Waals surface area contributed by atoms with E-state index in [1.165, 1.54) is 12.1 Å². The first kappa shape index (κ1) is 19.9. The summed E-state index contributed by atoms with van der Waals surface area (Å²) in [5, 5.41) is 3.00. The smallest absolute Gasteiger partial charge is 0.265 e. The molecule has 1 N–H and O–H groups in total. The first-order chi connectivity index (χ1) is 13.3. The van der Waals surface area contributed by atoms with Crippen molar-refractivity contribution in [3.05, 3.63) is 59.9 Å². The summed E-state index contributed by atoms with van der Waals surface area (Å²) in [6.45, 7) is 6.19. The van der Waals surface area contributed by atoms with E-state index in [4.69, 9.17) is 4.74 Å². The highest BCUT2D eigenvalue weighted by Crippen LogP contribution is 2.34. The van der Waals surface area contributed by atoms with Crippen molar-refractivity contribution in [1.82, 2.24) is 5.32 Å². The average molecular weight is 384 g/mol. The Labute approximate surface area is 164 Å². The summed E-state index contributed by atoms with van der Waals surface area (Å²) in [5.74, 6) is -0.0729. The minimum atomic E-state index is -0.344. The van der Waals surface area contributed by atoms with E-state index in [1.807, 2.05) is 32.9 Å². The van der Waals surface area contributed by atoms with Gasteiger partial charge in [0.25, 0.3) is 5.91 Å². The Morgan fingerprint density at radius 2 is 1.96 bits per heavy atom. The van der Waals surface area contributed by atoms with Crippen molar-refractivity contribution in [3.8, 4) is 5.75 Å². The molecule has 1 aliphatic heterocycles. The maximum absolute atomic E-state index is 13.7. The second kappa shape index (κ2) is 8.00. The van der Waals surface area contributed by atoms with E-state index in [0.29, 0.717) is 17.0 Å². The van der Waals surface area contributed by atoms with Crippen LogP contribution in [0.1, 0.15) is 38.8 Å². The van der Waals surface area contributed by atoms with E-state index in [2.05, 4.69) is 5.32 Å². The van der Waals surface area contributed by atoms with E-state index in [-0.39, 0.29) is 48.7 Å². The van der Waals surface area contributed by atoms with Crippen LogP contribution in [0.2, 0.25) is 0 Å². The molecule has 1 aliphatic rings. The lowest BCUT2D eigenvalue weighted by Gasteiger charge is -2.33. The molecule has 0 saturated heterocycles. The third-order valence-electron chi connectivity index (χ3n) is 4.72. The second-order valence-electron chi connectivity index (χ2n) is 7.97. The highest BCUT2D eigenvalue weighted by atomic mass is 19.1. The SMILES string of the molecule is CC(C)(C)C(NC(=O)CCN1C(=O)COc2ccccc21)c1cccc(F)c1. The van der Waals surface area contributed by atoms with E-state index in [0.717, 1.165) is 0 Å². The van der Waals surface area contributed by atoms with Crippen LogP contribution in [0, 0.1) is 11.2 Å². The third kappa shape index (κ3) is 4.50. The Balaban J connectivity index is 1.70. The van der Waals surface area contributed by atoms with Gasteiger partial charge in [-0.1, -0.05) is 45.0 Å². The number of halogens is 1. The molecule has 0 bridgehead atoms. The number of amides is 2. The van der Waals surface area contributed by atoms with Gasteiger partial charge in [0.15, 0.2) is 6.61 Å². The number of carbonyl (C=O) groups is 2. The predicted molar refractivity (Wildman–Crippen MR) is 106 cm³/mol. The Kier molecular flexibility index (Phi) is 5.68. The minimum absolute atomic E-state index is 0.0352. The van der Waals surface area contributed by atoms with Gasteiger partial charge in [-0.2, -0.15) is 0 Å². The van der Waals surface area contributed by atoms with Crippen molar-refractivity contribution in [1.29, 1.82) is 0 Å². The van der Waals surface area contributed by atoms with Crippen LogP contribution in [0.25, 0.3) is 0 Å². The van der Waals surface area contributed by atoms with Gasteiger partial charge in [0.05, 0.1) is 11.7 Å². The van der Waals surface area contributed by atoms with Gasteiger partial charge in [0.1, 0.15) is 11.6 Å². The molecule has 2 aromatic carbocycles. The highest BCUT2D eigenvalue weighted by molar-refractivity contribution is 5.98. The monoisotopic (exact) mass is 384 g/mol. The van der Waals surface area contributed by atoms with Gasteiger partial charge in [-0.05, 0) is 35.2 Å². The van der Waals surface area contributed by atoms with Gasteiger partial charge in [0.2, 0.25) is 5.91 Å². The molecule has 6 heteroatoms. The molecule has 1 heterocycles. The maximum atomic E-state index is 13.7. The third-order valence-corrected chi connectivity index (χ3v) is 4.72. The molecule has 0 radical (unpaired) electrons. The van der Waals surface area contributed by atoms with Gasteiger partial charge in [-0.3, -0.25) is 9.59 Å². The molecule has 0 aromatic heterocycles. The second-order valence-corrected chi connectivity index (χ2v) is 7.97. The molecule has 1 atom stereocenters. The van der Waals surface area contributed by atoms with Gasteiger partial charge in [-0.25, -0.2) is 4.39 Å². The number of fused-ring (bicyclic) bond motifs is 1. The van der Waals surface area contributed by atoms with E-state index < -0.39 is 0 Å². The summed E-state index contributed by atoms with van der Waals surface area (Å²) < 4.78 is 19.1. The lowest BCUT2D eigenvalue weighted by molar-refractivity contribution is -0.123. The van der Waals surface area contributed by atoms with Crippen LogP contribution in [0.15, 0.2) is 48.5 Å². The Bertz CT molecular complexity index is 876. The molecule has 148 valence electrons. The fourth-order valence-electron chi connectivity index (χ4n) is 3.33. The molecule has 0 fully saturated rings. The van der Waals surface area contributed by atoms with E-state index >= 15 is 0 Å². The number of hydrogen-bond acceptors (Lipinski definition) is 3. The zero-order chi connectivity index (χ0) is 20.3. The quantitative estimate of drug-likeness (QED) is 0.852. The zero-order valence-electron chi connectivity index (χ0n) is 16.4. The topological polar surface area (TPSA) is 58.6 Å². The van der Waals surface area contributed by atoms with Crippen molar-refractivity contribution in [2.75, 3.05) is 18.1 Å². The van der Waals surface area contributed by atoms with Crippen molar-refractivity contribution in [3.63, 3.8) is 0 Å². The van der Waals surface area contributed by atoms with Crippen LogP contribution in [-0.4, -0.2) is 25.0 Å². The zero-order valence-corrected chi connectivity index (χ0v) is 16.4. The number of hydrogen-bond donors (Lipinski definition) is 1. The maximum Gasteiger partial charge on any atom is 0.265 e. The van der Waals surface area contributed by atoms with Gasteiger partial charge >= 0.3 is 0 Å². The summed E-state index contributed by atoms with van der Waals surface area (Å²) in [7, 11) is 0. The van der Waals surface area contributed by atoms with Crippen LogP contribution in [0.4, 0.5) is 10.1 Å². The van der Waals surface area contributed by atoms with Gasteiger partial charge in [0, 0.05) is 13.0 Å². The van der Waals surface area contributed by atoms with E-state index in [1.54, 1.807) is 29.2 Å². The Morgan fingerprint density at radius 3 is 2.68 bits per heavy atom. The van der Waals surface area contributed by atoms with Crippen LogP contribution < -0.4 is 15.0 Å². The lowest BCUT2D eigenvalue weighted by Crippen LogP contribution is -2.42. The highest BCUT2D eigenvalue weighted by Gasteiger charge is 2.29. The fourth-order valence-corrected chi connectivity index (χ4v) is 3.33. The normalized spacial score (nSPS) is 14.9. The summed E-state index contributed by atoms with van der Waals surface area (Å²) in [5.41, 5.74) is 1.09. The van der Waals surface area contributed by atoms with Crippen LogP contribution >= 0.6 is 0 Å². The van der Waals surface area contributed by atoms with Gasteiger partial charge in [-0.15, -0.1) is 0 Å². The van der Waals surface area contributed by atoms with Crippen molar-refractivity contribution in [2.24, 2.45) is 5.41 Å². The molecule has 28 heavy (non-hydrogen) atoms. The molecule has 0 aliphatic carbocycles. The number of anilines is 1. The minimum Gasteiger partial charge on any atom is -0.482 e. The standard InChI is InChI=1S/C22H25FN2O3/c1-22(2,3)21(15-7-6-8-16(23)13-15)24-19(26)11-12-25-17-9-4-5-10-18(17)28-14-20(25)27/h4-10,13,21H,11-12,14H2,1-3H3,(H,24,26). The Hall–Kier alpha value is -2.89. The summed E-state index contributed by atoms with van der Waals surface area (Å²) >= 11 is 0. The number of benzene rings is 2. The number of carbonyl (C=O) groups excluding carboxylic acids is 2. The lowest BCUT2D eigenvalue weighted by atomic mass is 9.82. The molecule has 5 nitrogen and oxygen atoms in total. The van der Waals surface area contributed by atoms with E-state index in [9.17, 15) is 14.0 Å². The average Bonchev–Trinajstić information content (AvgIpc) is 2.64.